The molecule has 0 aromatic rings. The van der Waals surface area contributed by atoms with Crippen molar-refractivity contribution < 1.29 is 9.47 Å². The molecule has 0 amide bonds. The summed E-state index contributed by atoms with van der Waals surface area (Å²) in [5.74, 6) is 5.00. The fourth-order valence-corrected chi connectivity index (χ4v) is 0.621. The van der Waals surface area contributed by atoms with Crippen LogP contribution in [0, 0.1) is 0 Å². The molecule has 1 aliphatic heterocycles. The maximum Gasteiger partial charge on any atom is 0.171 e. The summed E-state index contributed by atoms with van der Waals surface area (Å²) in [6, 6.07) is 0. The molecule has 8 heavy (non-hydrogen) atoms. The number of ether oxygens (including phenoxy) is 2. The molecule has 0 aromatic heterocycles. The highest BCUT2D eigenvalue weighted by atomic mass is 16.7. The molecule has 4 heteroatoms. The standard InChI is InChI=1S/C4H10N2O2/c5-6-3-4-7-1-2-8-4/h4,6H,1-3,5H2. The van der Waals surface area contributed by atoms with Crippen LogP contribution in [0.3, 0.4) is 0 Å². The van der Waals surface area contributed by atoms with Gasteiger partial charge in [-0.05, 0) is 0 Å². The minimum absolute atomic E-state index is 0.125. The Morgan fingerprint density at radius 2 is 2.12 bits per heavy atom. The fourth-order valence-electron chi connectivity index (χ4n) is 0.621. The summed E-state index contributed by atoms with van der Waals surface area (Å²) < 4.78 is 10.1. The van der Waals surface area contributed by atoms with Gasteiger partial charge in [-0.3, -0.25) is 11.3 Å². The lowest BCUT2D eigenvalue weighted by atomic mass is 10.6. The second kappa shape index (κ2) is 2.99. The lowest BCUT2D eigenvalue weighted by molar-refractivity contribution is -0.0389. The molecule has 0 aromatic carbocycles. The SMILES string of the molecule is NNCC1OCCO1. The van der Waals surface area contributed by atoms with Gasteiger partial charge in [0.05, 0.1) is 19.8 Å². The van der Waals surface area contributed by atoms with E-state index in [1.54, 1.807) is 0 Å². The Labute approximate surface area is 47.9 Å². The van der Waals surface area contributed by atoms with Gasteiger partial charge in [-0.15, -0.1) is 0 Å². The lowest BCUT2D eigenvalue weighted by Crippen LogP contribution is -2.32. The molecular weight excluding hydrogens is 108 g/mol. The maximum atomic E-state index is 5.03. The fraction of sp³-hybridized carbons (Fsp3) is 1.00. The van der Waals surface area contributed by atoms with E-state index in [9.17, 15) is 0 Å². The van der Waals surface area contributed by atoms with Crippen LogP contribution in [0.2, 0.25) is 0 Å². The predicted molar refractivity (Wildman–Crippen MR) is 27.9 cm³/mol. The van der Waals surface area contributed by atoms with Gasteiger partial charge in [-0.2, -0.15) is 0 Å². The first-order valence-corrected chi connectivity index (χ1v) is 2.60. The Kier molecular flexibility index (Phi) is 2.23. The molecule has 1 aliphatic rings. The number of nitrogens with one attached hydrogen (secondary N) is 1. The molecule has 4 nitrogen and oxygen atoms in total. The molecule has 0 spiro atoms. The summed E-state index contributed by atoms with van der Waals surface area (Å²) >= 11 is 0. The Morgan fingerprint density at radius 3 is 2.62 bits per heavy atom. The van der Waals surface area contributed by atoms with Crippen LogP contribution in [0.5, 0.6) is 0 Å². The normalized spacial score (nSPS) is 22.1. The Hall–Kier alpha value is -0.160. The zero-order chi connectivity index (χ0) is 5.82. The van der Waals surface area contributed by atoms with Crippen molar-refractivity contribution in [3.05, 3.63) is 0 Å². The molecule has 0 bridgehead atoms. The van der Waals surface area contributed by atoms with Crippen molar-refractivity contribution in [3.8, 4) is 0 Å². The molecule has 1 heterocycles. The van der Waals surface area contributed by atoms with E-state index in [0.29, 0.717) is 19.8 Å². The molecular formula is C4H10N2O2. The van der Waals surface area contributed by atoms with Crippen molar-refractivity contribution >= 4 is 0 Å². The van der Waals surface area contributed by atoms with Crippen molar-refractivity contribution in [1.29, 1.82) is 0 Å². The predicted octanol–water partition coefficient (Wildman–Crippen LogP) is -1.18. The first-order chi connectivity index (χ1) is 3.93. The minimum Gasteiger partial charge on any atom is -0.349 e. The highest BCUT2D eigenvalue weighted by Gasteiger charge is 2.13. The average Bonchev–Trinajstić information content (AvgIpc) is 2.19. The van der Waals surface area contributed by atoms with Gasteiger partial charge in [0.1, 0.15) is 0 Å². The van der Waals surface area contributed by atoms with Crippen LogP contribution in [-0.4, -0.2) is 26.0 Å². The van der Waals surface area contributed by atoms with Gasteiger partial charge in [0.15, 0.2) is 6.29 Å². The third kappa shape index (κ3) is 1.41. The van der Waals surface area contributed by atoms with Crippen LogP contribution < -0.4 is 11.3 Å². The summed E-state index contributed by atoms with van der Waals surface area (Å²) in [5, 5.41) is 0. The second-order valence-electron chi connectivity index (χ2n) is 1.58. The van der Waals surface area contributed by atoms with Crippen molar-refractivity contribution in [3.63, 3.8) is 0 Å². The topological polar surface area (TPSA) is 56.5 Å². The van der Waals surface area contributed by atoms with Crippen LogP contribution in [0.1, 0.15) is 0 Å². The molecule has 0 radical (unpaired) electrons. The van der Waals surface area contributed by atoms with Gasteiger partial charge in [0, 0.05) is 0 Å². The van der Waals surface area contributed by atoms with Gasteiger partial charge in [-0.25, -0.2) is 0 Å². The molecule has 3 N–H and O–H groups in total. The van der Waals surface area contributed by atoms with Crippen molar-refractivity contribution in [1.82, 2.24) is 5.43 Å². The third-order valence-electron chi connectivity index (χ3n) is 0.975. The summed E-state index contributed by atoms with van der Waals surface area (Å²) in [6.07, 6.45) is -0.125. The number of hydrogen-bond donors (Lipinski definition) is 2. The molecule has 0 unspecified atom stereocenters. The Balaban J connectivity index is 2.06. The number of hydrazine groups is 1. The summed E-state index contributed by atoms with van der Waals surface area (Å²) in [7, 11) is 0. The van der Waals surface area contributed by atoms with Crippen LogP contribution in [0.25, 0.3) is 0 Å². The quantitative estimate of drug-likeness (QED) is 0.354. The number of rotatable bonds is 2. The highest BCUT2D eigenvalue weighted by Crippen LogP contribution is 2.00. The molecule has 0 aliphatic carbocycles. The molecule has 1 fully saturated rings. The monoisotopic (exact) mass is 118 g/mol. The molecule has 0 atom stereocenters. The van der Waals surface area contributed by atoms with Crippen molar-refractivity contribution in [2.24, 2.45) is 5.84 Å². The Bertz CT molecular complexity index is 63.1. The van der Waals surface area contributed by atoms with Gasteiger partial charge in [0.2, 0.25) is 0 Å². The molecule has 0 saturated carbocycles. The average molecular weight is 118 g/mol. The van der Waals surface area contributed by atoms with E-state index in [0.717, 1.165) is 0 Å². The van der Waals surface area contributed by atoms with Gasteiger partial charge < -0.3 is 9.47 Å². The van der Waals surface area contributed by atoms with Gasteiger partial charge in [0.25, 0.3) is 0 Å². The molecule has 1 rings (SSSR count). The first kappa shape index (κ1) is 5.97. The van der Waals surface area contributed by atoms with Crippen LogP contribution in [0.15, 0.2) is 0 Å². The maximum absolute atomic E-state index is 5.03. The second-order valence-corrected chi connectivity index (χ2v) is 1.58. The summed E-state index contributed by atoms with van der Waals surface area (Å²) in [5.41, 5.74) is 2.46. The van der Waals surface area contributed by atoms with E-state index in [1.165, 1.54) is 0 Å². The summed E-state index contributed by atoms with van der Waals surface area (Å²) in [6.45, 7) is 1.94. The molecule has 1 saturated heterocycles. The zero-order valence-corrected chi connectivity index (χ0v) is 4.59. The number of nitrogens with two attached hydrogens (primary N) is 1. The minimum atomic E-state index is -0.125. The lowest BCUT2D eigenvalue weighted by Gasteiger charge is -2.05. The van der Waals surface area contributed by atoms with E-state index < -0.39 is 0 Å². The summed E-state index contributed by atoms with van der Waals surface area (Å²) in [4.78, 5) is 0. The van der Waals surface area contributed by atoms with Gasteiger partial charge >= 0.3 is 0 Å². The van der Waals surface area contributed by atoms with E-state index >= 15 is 0 Å². The van der Waals surface area contributed by atoms with Crippen LogP contribution >= 0.6 is 0 Å². The smallest absolute Gasteiger partial charge is 0.171 e. The van der Waals surface area contributed by atoms with Crippen molar-refractivity contribution in [2.75, 3.05) is 19.8 Å². The van der Waals surface area contributed by atoms with Crippen LogP contribution in [0.4, 0.5) is 0 Å². The highest BCUT2D eigenvalue weighted by molar-refractivity contribution is 4.51. The van der Waals surface area contributed by atoms with E-state index in [-0.39, 0.29) is 6.29 Å². The largest absolute Gasteiger partial charge is 0.349 e. The van der Waals surface area contributed by atoms with E-state index in [1.807, 2.05) is 0 Å². The number of hydrogen-bond acceptors (Lipinski definition) is 4. The third-order valence-corrected chi connectivity index (χ3v) is 0.975. The van der Waals surface area contributed by atoms with E-state index in [4.69, 9.17) is 15.3 Å². The van der Waals surface area contributed by atoms with Crippen molar-refractivity contribution in [2.45, 2.75) is 6.29 Å². The Morgan fingerprint density at radius 1 is 1.50 bits per heavy atom. The van der Waals surface area contributed by atoms with Gasteiger partial charge in [-0.1, -0.05) is 0 Å². The first-order valence-electron chi connectivity index (χ1n) is 2.60. The van der Waals surface area contributed by atoms with Crippen LogP contribution in [-0.2, 0) is 9.47 Å². The van der Waals surface area contributed by atoms with E-state index in [2.05, 4.69) is 5.43 Å². The molecule has 48 valence electrons. The zero-order valence-electron chi connectivity index (χ0n) is 4.59.